The summed E-state index contributed by atoms with van der Waals surface area (Å²) >= 11 is 0. The molecule has 0 aliphatic heterocycles. The van der Waals surface area contributed by atoms with Crippen molar-refractivity contribution >= 4 is 0 Å². The summed E-state index contributed by atoms with van der Waals surface area (Å²) in [5.41, 5.74) is 3.38. The van der Waals surface area contributed by atoms with Gasteiger partial charge in [-0.1, -0.05) is 6.92 Å². The second kappa shape index (κ2) is 6.38. The van der Waals surface area contributed by atoms with Gasteiger partial charge in [0.2, 0.25) is 0 Å². The minimum Gasteiger partial charge on any atom is -0.497 e. The summed E-state index contributed by atoms with van der Waals surface area (Å²) in [5, 5.41) is 7.97. The van der Waals surface area contributed by atoms with Gasteiger partial charge in [-0.25, -0.2) is 0 Å². The van der Waals surface area contributed by atoms with Crippen molar-refractivity contribution in [3.8, 4) is 17.0 Å². The maximum Gasteiger partial charge on any atom is 0.118 e. The highest BCUT2D eigenvalue weighted by Crippen LogP contribution is 2.24. The Morgan fingerprint density at radius 3 is 2.63 bits per heavy atom. The molecule has 0 bridgehead atoms. The number of methoxy groups -OCH3 is 1. The monoisotopic (exact) mass is 259 g/mol. The molecule has 2 aromatic rings. The maximum atomic E-state index is 5.18. The number of nitrogens with zero attached hydrogens (tertiary/aromatic N) is 2. The zero-order chi connectivity index (χ0) is 13.7. The van der Waals surface area contributed by atoms with E-state index in [1.165, 1.54) is 5.56 Å². The van der Waals surface area contributed by atoms with E-state index in [1.807, 2.05) is 36.0 Å². The Morgan fingerprint density at radius 1 is 1.26 bits per heavy atom. The number of hydrogen-bond acceptors (Lipinski definition) is 3. The fraction of sp³-hybridized carbons (Fsp3) is 0.400. The topological polar surface area (TPSA) is 39.1 Å². The SMILES string of the molecule is CCCNCc1cn(C)nc1-c1ccc(OC)cc1. The van der Waals surface area contributed by atoms with Crippen molar-refractivity contribution in [1.29, 1.82) is 0 Å². The average Bonchev–Trinajstić information content (AvgIpc) is 2.80. The van der Waals surface area contributed by atoms with E-state index < -0.39 is 0 Å². The van der Waals surface area contributed by atoms with Crippen LogP contribution in [0.25, 0.3) is 11.3 Å². The van der Waals surface area contributed by atoms with Crippen LogP contribution >= 0.6 is 0 Å². The minimum atomic E-state index is 0.850. The summed E-state index contributed by atoms with van der Waals surface area (Å²) in [6.07, 6.45) is 3.21. The summed E-state index contributed by atoms with van der Waals surface area (Å²) in [5.74, 6) is 0.866. The van der Waals surface area contributed by atoms with Crippen molar-refractivity contribution in [3.05, 3.63) is 36.0 Å². The molecule has 0 spiro atoms. The van der Waals surface area contributed by atoms with Crippen molar-refractivity contribution in [2.75, 3.05) is 13.7 Å². The zero-order valence-corrected chi connectivity index (χ0v) is 11.8. The first-order chi connectivity index (χ1) is 9.24. The molecule has 1 aromatic heterocycles. The van der Waals surface area contributed by atoms with Gasteiger partial charge in [-0.15, -0.1) is 0 Å². The molecule has 0 radical (unpaired) electrons. The summed E-state index contributed by atoms with van der Waals surface area (Å²) < 4.78 is 7.05. The molecule has 4 heteroatoms. The van der Waals surface area contributed by atoms with Crippen LogP contribution in [0.4, 0.5) is 0 Å². The van der Waals surface area contributed by atoms with Crippen molar-refractivity contribution in [2.45, 2.75) is 19.9 Å². The van der Waals surface area contributed by atoms with Crippen LogP contribution in [0.2, 0.25) is 0 Å². The molecule has 0 aliphatic rings. The highest BCUT2D eigenvalue weighted by Gasteiger charge is 2.09. The first-order valence-electron chi connectivity index (χ1n) is 6.62. The lowest BCUT2D eigenvalue weighted by Gasteiger charge is -2.05. The third-order valence-corrected chi connectivity index (χ3v) is 3.01. The van der Waals surface area contributed by atoms with Crippen molar-refractivity contribution in [3.63, 3.8) is 0 Å². The fourth-order valence-corrected chi connectivity index (χ4v) is 2.06. The molecule has 0 saturated heterocycles. The van der Waals surface area contributed by atoms with Gasteiger partial charge in [0, 0.05) is 30.9 Å². The summed E-state index contributed by atoms with van der Waals surface area (Å²) in [6.45, 7) is 4.04. The van der Waals surface area contributed by atoms with Gasteiger partial charge in [0.25, 0.3) is 0 Å². The summed E-state index contributed by atoms with van der Waals surface area (Å²) in [7, 11) is 3.63. The quantitative estimate of drug-likeness (QED) is 0.810. The number of ether oxygens (including phenoxy) is 1. The molecule has 0 amide bonds. The standard InChI is InChI=1S/C15H21N3O/c1-4-9-16-10-13-11-18(2)17-15(13)12-5-7-14(19-3)8-6-12/h5-8,11,16H,4,9-10H2,1-3H3. The molecule has 0 unspecified atom stereocenters. The van der Waals surface area contributed by atoms with Crippen LogP contribution < -0.4 is 10.1 Å². The maximum absolute atomic E-state index is 5.18. The number of hydrogen-bond donors (Lipinski definition) is 1. The predicted octanol–water partition coefficient (Wildman–Crippen LogP) is 2.60. The van der Waals surface area contributed by atoms with Gasteiger partial charge >= 0.3 is 0 Å². The fourth-order valence-electron chi connectivity index (χ4n) is 2.06. The van der Waals surface area contributed by atoms with Crippen molar-refractivity contribution < 1.29 is 4.74 Å². The average molecular weight is 259 g/mol. The molecular weight excluding hydrogens is 238 g/mol. The van der Waals surface area contributed by atoms with Crippen LogP contribution in [0.15, 0.2) is 30.5 Å². The van der Waals surface area contributed by atoms with E-state index >= 15 is 0 Å². The Hall–Kier alpha value is -1.81. The molecule has 1 N–H and O–H groups in total. The minimum absolute atomic E-state index is 0.850. The molecule has 0 aliphatic carbocycles. The van der Waals surface area contributed by atoms with Gasteiger partial charge in [-0.3, -0.25) is 4.68 Å². The second-order valence-electron chi connectivity index (χ2n) is 4.58. The molecule has 19 heavy (non-hydrogen) atoms. The molecule has 1 aromatic carbocycles. The van der Waals surface area contributed by atoms with Gasteiger partial charge in [0.15, 0.2) is 0 Å². The van der Waals surface area contributed by atoms with Gasteiger partial charge in [0.05, 0.1) is 12.8 Å². The highest BCUT2D eigenvalue weighted by atomic mass is 16.5. The molecule has 1 heterocycles. The normalized spacial score (nSPS) is 10.7. The summed E-state index contributed by atoms with van der Waals surface area (Å²) in [6, 6.07) is 8.02. The van der Waals surface area contributed by atoms with E-state index in [9.17, 15) is 0 Å². The Kier molecular flexibility index (Phi) is 4.58. The molecule has 102 valence electrons. The molecule has 4 nitrogen and oxygen atoms in total. The number of benzene rings is 1. The smallest absolute Gasteiger partial charge is 0.118 e. The number of aromatic nitrogens is 2. The van der Waals surface area contributed by atoms with E-state index in [0.717, 1.165) is 36.5 Å². The van der Waals surface area contributed by atoms with Crippen LogP contribution in [0.3, 0.4) is 0 Å². The van der Waals surface area contributed by atoms with E-state index in [4.69, 9.17) is 4.74 Å². The van der Waals surface area contributed by atoms with E-state index in [-0.39, 0.29) is 0 Å². The first-order valence-corrected chi connectivity index (χ1v) is 6.62. The zero-order valence-electron chi connectivity index (χ0n) is 11.8. The van der Waals surface area contributed by atoms with E-state index in [0.29, 0.717) is 0 Å². The Bertz CT molecular complexity index is 517. The Morgan fingerprint density at radius 2 is 2.00 bits per heavy atom. The molecule has 2 rings (SSSR count). The Labute approximate surface area is 114 Å². The van der Waals surface area contributed by atoms with Crippen molar-refractivity contribution in [2.24, 2.45) is 7.05 Å². The van der Waals surface area contributed by atoms with Crippen molar-refractivity contribution in [1.82, 2.24) is 15.1 Å². The highest BCUT2D eigenvalue weighted by molar-refractivity contribution is 5.63. The van der Waals surface area contributed by atoms with E-state index in [2.05, 4.69) is 23.5 Å². The van der Waals surface area contributed by atoms with Gasteiger partial charge in [-0.2, -0.15) is 5.10 Å². The van der Waals surface area contributed by atoms with Crippen LogP contribution in [0.1, 0.15) is 18.9 Å². The third-order valence-electron chi connectivity index (χ3n) is 3.01. The first kappa shape index (κ1) is 13.6. The molecule has 0 saturated carbocycles. The molecular formula is C15H21N3O. The number of aryl methyl sites for hydroxylation is 1. The predicted molar refractivity (Wildman–Crippen MR) is 77.2 cm³/mol. The number of rotatable bonds is 6. The summed E-state index contributed by atoms with van der Waals surface area (Å²) in [4.78, 5) is 0. The number of nitrogens with one attached hydrogen (secondary N) is 1. The van der Waals surface area contributed by atoms with Crippen LogP contribution in [-0.2, 0) is 13.6 Å². The van der Waals surface area contributed by atoms with Gasteiger partial charge in [0.1, 0.15) is 5.75 Å². The van der Waals surface area contributed by atoms with Crippen LogP contribution in [0.5, 0.6) is 5.75 Å². The lowest BCUT2D eigenvalue weighted by atomic mass is 10.1. The van der Waals surface area contributed by atoms with Crippen LogP contribution in [-0.4, -0.2) is 23.4 Å². The Balaban J connectivity index is 2.22. The van der Waals surface area contributed by atoms with Crippen LogP contribution in [0, 0.1) is 0 Å². The van der Waals surface area contributed by atoms with E-state index in [1.54, 1.807) is 7.11 Å². The van der Waals surface area contributed by atoms with Gasteiger partial charge < -0.3 is 10.1 Å². The lowest BCUT2D eigenvalue weighted by Crippen LogP contribution is -2.13. The second-order valence-corrected chi connectivity index (χ2v) is 4.58. The third kappa shape index (κ3) is 3.35. The largest absolute Gasteiger partial charge is 0.497 e. The molecule has 0 fully saturated rings. The lowest BCUT2D eigenvalue weighted by molar-refractivity contribution is 0.415. The molecule has 0 atom stereocenters. The van der Waals surface area contributed by atoms with Gasteiger partial charge in [-0.05, 0) is 37.2 Å².